The molecule has 82 valence electrons. The van der Waals surface area contributed by atoms with Crippen LogP contribution in [0.25, 0.3) is 0 Å². The van der Waals surface area contributed by atoms with Crippen molar-refractivity contribution >= 4 is 40.7 Å². The third-order valence-corrected chi connectivity index (χ3v) is 2.71. The van der Waals surface area contributed by atoms with E-state index >= 15 is 0 Å². The summed E-state index contributed by atoms with van der Waals surface area (Å²) < 4.78 is 0. The summed E-state index contributed by atoms with van der Waals surface area (Å²) in [5.74, 6) is -0.199. The van der Waals surface area contributed by atoms with Gasteiger partial charge in [-0.25, -0.2) is 0 Å². The van der Waals surface area contributed by atoms with Gasteiger partial charge in [0.05, 0.1) is 0 Å². The molecule has 1 unspecified atom stereocenters. The molecule has 0 fully saturated rings. The maximum Gasteiger partial charge on any atom is 0.244 e. The summed E-state index contributed by atoms with van der Waals surface area (Å²) in [5, 5.41) is 0.181. The first kappa shape index (κ1) is 12.6. The molecule has 1 amide bonds. The van der Waals surface area contributed by atoms with Gasteiger partial charge in [0.1, 0.15) is 5.38 Å². The number of carbonyl (C=O) groups is 1. The van der Waals surface area contributed by atoms with Crippen molar-refractivity contribution < 1.29 is 4.79 Å². The van der Waals surface area contributed by atoms with Gasteiger partial charge in [0.2, 0.25) is 5.91 Å². The number of benzene rings is 1. The Kier molecular flexibility index (Phi) is 4.26. The molecule has 0 N–H and O–H groups in total. The lowest BCUT2D eigenvalue weighted by Crippen LogP contribution is -2.25. The van der Waals surface area contributed by atoms with Crippen molar-refractivity contribution in [1.29, 1.82) is 0 Å². The van der Waals surface area contributed by atoms with E-state index in [9.17, 15) is 4.79 Å². The molecule has 0 aromatic heterocycles. The van der Waals surface area contributed by atoms with Crippen LogP contribution in [-0.2, 0) is 4.79 Å². The van der Waals surface area contributed by atoms with Gasteiger partial charge in [-0.3, -0.25) is 4.79 Å². The molecule has 5 heteroatoms. The first-order valence-corrected chi connectivity index (χ1v) is 5.42. The maximum atomic E-state index is 11.6. The van der Waals surface area contributed by atoms with Crippen LogP contribution < -0.4 is 0 Å². The van der Waals surface area contributed by atoms with Crippen LogP contribution >= 0.6 is 34.8 Å². The fourth-order valence-corrected chi connectivity index (χ4v) is 1.95. The second kappa shape index (κ2) is 5.06. The molecular formula is C10H10Cl3NO. The number of likely N-dealkylation sites (N-methyl/N-ethyl adjacent to an activating group) is 1. The van der Waals surface area contributed by atoms with Crippen LogP contribution in [0.5, 0.6) is 0 Å². The Morgan fingerprint density at radius 3 is 2.07 bits per heavy atom. The molecule has 1 atom stereocenters. The largest absolute Gasteiger partial charge is 0.347 e. The standard InChI is InChI=1S/C10H10Cl3NO/c1-14(2)10(15)9(13)6-3-7(11)5-8(12)4-6/h3-5,9H,1-2H3. The lowest BCUT2D eigenvalue weighted by atomic mass is 10.1. The summed E-state index contributed by atoms with van der Waals surface area (Å²) in [6, 6.07) is 4.86. The fraction of sp³-hybridized carbons (Fsp3) is 0.300. The molecule has 0 spiro atoms. The number of carbonyl (C=O) groups excluding carboxylic acids is 1. The molecule has 0 saturated heterocycles. The highest BCUT2D eigenvalue weighted by molar-refractivity contribution is 6.35. The summed E-state index contributed by atoms with van der Waals surface area (Å²) in [4.78, 5) is 13.0. The number of hydrogen-bond donors (Lipinski definition) is 0. The van der Waals surface area contributed by atoms with E-state index < -0.39 is 5.38 Å². The Morgan fingerprint density at radius 1 is 1.20 bits per heavy atom. The Morgan fingerprint density at radius 2 is 1.67 bits per heavy atom. The topological polar surface area (TPSA) is 20.3 Å². The zero-order chi connectivity index (χ0) is 11.6. The third kappa shape index (κ3) is 3.26. The van der Waals surface area contributed by atoms with Crippen molar-refractivity contribution in [3.63, 3.8) is 0 Å². The van der Waals surface area contributed by atoms with Crippen LogP contribution in [0.3, 0.4) is 0 Å². The maximum absolute atomic E-state index is 11.6. The third-order valence-electron chi connectivity index (χ3n) is 1.84. The number of halogens is 3. The van der Waals surface area contributed by atoms with Crippen LogP contribution in [0.1, 0.15) is 10.9 Å². The predicted molar refractivity (Wildman–Crippen MR) is 63.8 cm³/mol. The Bertz CT molecular complexity index is 359. The molecule has 0 saturated carbocycles. The van der Waals surface area contributed by atoms with E-state index in [1.165, 1.54) is 4.90 Å². The van der Waals surface area contributed by atoms with E-state index in [2.05, 4.69) is 0 Å². The van der Waals surface area contributed by atoms with Gasteiger partial charge in [0.15, 0.2) is 0 Å². The molecule has 2 nitrogen and oxygen atoms in total. The van der Waals surface area contributed by atoms with E-state index in [0.29, 0.717) is 15.6 Å². The monoisotopic (exact) mass is 265 g/mol. The van der Waals surface area contributed by atoms with Crippen molar-refractivity contribution in [3.8, 4) is 0 Å². The van der Waals surface area contributed by atoms with E-state index in [1.54, 1.807) is 32.3 Å². The van der Waals surface area contributed by atoms with E-state index in [0.717, 1.165) is 0 Å². The van der Waals surface area contributed by atoms with Crippen molar-refractivity contribution in [2.24, 2.45) is 0 Å². The summed E-state index contributed by atoms with van der Waals surface area (Å²) in [7, 11) is 3.29. The first-order chi connectivity index (χ1) is 6.91. The molecule has 1 aromatic carbocycles. The summed E-state index contributed by atoms with van der Waals surface area (Å²) in [6.45, 7) is 0. The average Bonchev–Trinajstić information content (AvgIpc) is 2.13. The average molecular weight is 267 g/mol. The molecule has 15 heavy (non-hydrogen) atoms. The second-order valence-corrected chi connectivity index (χ2v) is 4.61. The van der Waals surface area contributed by atoms with Crippen LogP contribution in [0.4, 0.5) is 0 Å². The quantitative estimate of drug-likeness (QED) is 0.752. The van der Waals surface area contributed by atoms with Gasteiger partial charge in [0.25, 0.3) is 0 Å². The fourth-order valence-electron chi connectivity index (χ4n) is 1.09. The summed E-state index contributed by atoms with van der Waals surface area (Å²) in [5.41, 5.74) is 0.605. The molecule has 0 bridgehead atoms. The minimum Gasteiger partial charge on any atom is -0.347 e. The van der Waals surface area contributed by atoms with Crippen molar-refractivity contribution in [3.05, 3.63) is 33.8 Å². The molecule has 0 aliphatic rings. The van der Waals surface area contributed by atoms with Gasteiger partial charge >= 0.3 is 0 Å². The van der Waals surface area contributed by atoms with Crippen LogP contribution in [0.15, 0.2) is 18.2 Å². The first-order valence-electron chi connectivity index (χ1n) is 4.23. The second-order valence-electron chi connectivity index (χ2n) is 3.30. The van der Waals surface area contributed by atoms with Crippen molar-refractivity contribution in [2.75, 3.05) is 14.1 Å². The van der Waals surface area contributed by atoms with Crippen molar-refractivity contribution in [1.82, 2.24) is 4.90 Å². The molecule has 0 aliphatic heterocycles. The lowest BCUT2D eigenvalue weighted by Gasteiger charge is -2.15. The van der Waals surface area contributed by atoms with E-state index in [-0.39, 0.29) is 5.91 Å². The Hall–Kier alpha value is -0.440. The number of nitrogens with zero attached hydrogens (tertiary/aromatic N) is 1. The zero-order valence-corrected chi connectivity index (χ0v) is 10.6. The van der Waals surface area contributed by atoms with Gasteiger partial charge in [0, 0.05) is 24.1 Å². The highest BCUT2D eigenvalue weighted by Crippen LogP contribution is 2.28. The highest BCUT2D eigenvalue weighted by Gasteiger charge is 2.19. The number of rotatable bonds is 2. The van der Waals surface area contributed by atoms with Gasteiger partial charge in [-0.2, -0.15) is 0 Å². The van der Waals surface area contributed by atoms with Gasteiger partial charge in [-0.1, -0.05) is 23.2 Å². The van der Waals surface area contributed by atoms with E-state index in [4.69, 9.17) is 34.8 Å². The number of alkyl halides is 1. The molecule has 1 aromatic rings. The smallest absolute Gasteiger partial charge is 0.244 e. The van der Waals surface area contributed by atoms with Crippen LogP contribution in [0.2, 0.25) is 10.0 Å². The van der Waals surface area contributed by atoms with E-state index in [1.807, 2.05) is 0 Å². The summed E-state index contributed by atoms with van der Waals surface area (Å²) in [6.07, 6.45) is 0. The van der Waals surface area contributed by atoms with Gasteiger partial charge < -0.3 is 4.90 Å². The Balaban J connectivity index is 3.00. The molecular weight excluding hydrogens is 256 g/mol. The van der Waals surface area contributed by atoms with Crippen LogP contribution in [-0.4, -0.2) is 24.9 Å². The number of hydrogen-bond acceptors (Lipinski definition) is 1. The highest BCUT2D eigenvalue weighted by atomic mass is 35.5. The SMILES string of the molecule is CN(C)C(=O)C(Cl)c1cc(Cl)cc(Cl)c1. The molecule has 0 radical (unpaired) electrons. The zero-order valence-electron chi connectivity index (χ0n) is 8.30. The Labute approximate surface area is 104 Å². The van der Waals surface area contributed by atoms with Crippen LogP contribution in [0, 0.1) is 0 Å². The normalized spacial score (nSPS) is 12.3. The molecule has 0 aliphatic carbocycles. The molecule has 0 heterocycles. The van der Waals surface area contributed by atoms with Crippen molar-refractivity contribution in [2.45, 2.75) is 5.38 Å². The number of amides is 1. The predicted octanol–water partition coefficient (Wildman–Crippen LogP) is 3.36. The summed E-state index contributed by atoms with van der Waals surface area (Å²) >= 11 is 17.6. The minimum absolute atomic E-state index is 0.199. The van der Waals surface area contributed by atoms with Gasteiger partial charge in [-0.05, 0) is 23.8 Å². The lowest BCUT2D eigenvalue weighted by molar-refractivity contribution is -0.128. The minimum atomic E-state index is -0.754. The van der Waals surface area contributed by atoms with Gasteiger partial charge in [-0.15, -0.1) is 11.6 Å². The molecule has 1 rings (SSSR count).